The van der Waals surface area contributed by atoms with E-state index < -0.39 is 0 Å². The van der Waals surface area contributed by atoms with Crippen LogP contribution in [0.25, 0.3) is 17.5 Å². The second-order valence-corrected chi connectivity index (χ2v) is 6.84. The summed E-state index contributed by atoms with van der Waals surface area (Å²) in [6.45, 7) is 1.35. The number of aromatic nitrogens is 2. The molecule has 28 heavy (non-hydrogen) atoms. The molecule has 2 aromatic heterocycles. The molecular formula is C21H20FN3O3. The number of furan rings is 1. The number of carbonyl (C=O) groups is 1. The fraction of sp³-hybridized carbons (Fsp3) is 0.286. The summed E-state index contributed by atoms with van der Waals surface area (Å²) in [6, 6.07) is 9.91. The predicted octanol–water partition coefficient (Wildman–Crippen LogP) is 3.96. The third-order valence-electron chi connectivity index (χ3n) is 4.81. The molecule has 1 amide bonds. The topological polar surface area (TPSA) is 72.4 Å². The lowest BCUT2D eigenvalue weighted by Gasteiger charge is -2.31. The van der Waals surface area contributed by atoms with Crippen LogP contribution in [-0.4, -0.2) is 34.0 Å². The first-order valence-corrected chi connectivity index (χ1v) is 9.27. The molecule has 7 heteroatoms. The van der Waals surface area contributed by atoms with Crippen LogP contribution in [0.1, 0.15) is 24.5 Å². The molecule has 0 bridgehead atoms. The Balaban J connectivity index is 1.38. The standard InChI is InChI=1S/C21H20FN3O3/c22-18-8-2-1-7-17(18)21-23-19(28-24-21)13-15-5-3-11-25(14-15)20(26)10-9-16-6-4-12-27-16/h1-2,4,6-10,12,15H,3,5,11,13-14H2/b10-9+/t15-/m0/s1. The third-order valence-corrected chi connectivity index (χ3v) is 4.81. The van der Waals surface area contributed by atoms with Crippen LogP contribution in [0.5, 0.6) is 0 Å². The fourth-order valence-electron chi connectivity index (χ4n) is 3.41. The molecule has 1 atom stereocenters. The monoisotopic (exact) mass is 381 g/mol. The van der Waals surface area contributed by atoms with E-state index in [1.165, 1.54) is 12.1 Å². The number of halogens is 1. The highest BCUT2D eigenvalue weighted by molar-refractivity contribution is 5.91. The smallest absolute Gasteiger partial charge is 0.246 e. The van der Waals surface area contributed by atoms with Crippen molar-refractivity contribution in [2.45, 2.75) is 19.3 Å². The summed E-state index contributed by atoms with van der Waals surface area (Å²) in [5.74, 6) is 1.16. The van der Waals surface area contributed by atoms with Crippen LogP contribution >= 0.6 is 0 Å². The van der Waals surface area contributed by atoms with Crippen LogP contribution in [-0.2, 0) is 11.2 Å². The average molecular weight is 381 g/mol. The van der Waals surface area contributed by atoms with E-state index in [4.69, 9.17) is 8.94 Å². The van der Waals surface area contributed by atoms with Crippen molar-refractivity contribution in [1.82, 2.24) is 15.0 Å². The first kappa shape index (κ1) is 18.2. The normalized spacial score (nSPS) is 17.3. The van der Waals surface area contributed by atoms with Gasteiger partial charge in [-0.25, -0.2) is 4.39 Å². The maximum Gasteiger partial charge on any atom is 0.246 e. The van der Waals surface area contributed by atoms with Crippen molar-refractivity contribution in [2.75, 3.05) is 13.1 Å². The number of carbonyl (C=O) groups excluding carboxylic acids is 1. The molecule has 144 valence electrons. The molecule has 1 aliphatic rings. The molecule has 1 aliphatic heterocycles. The molecule has 0 spiro atoms. The number of amides is 1. The van der Waals surface area contributed by atoms with E-state index in [1.807, 2.05) is 4.90 Å². The van der Waals surface area contributed by atoms with E-state index in [0.29, 0.717) is 30.2 Å². The Kier molecular flexibility index (Phi) is 5.32. The quantitative estimate of drug-likeness (QED) is 0.626. The number of benzene rings is 1. The molecule has 0 aliphatic carbocycles. The summed E-state index contributed by atoms with van der Waals surface area (Å²) in [7, 11) is 0. The lowest BCUT2D eigenvalue weighted by atomic mass is 9.94. The molecule has 3 aromatic rings. The molecule has 0 radical (unpaired) electrons. The molecule has 3 heterocycles. The number of piperidine rings is 1. The molecule has 6 nitrogen and oxygen atoms in total. The van der Waals surface area contributed by atoms with Crippen LogP contribution in [0.4, 0.5) is 4.39 Å². The van der Waals surface area contributed by atoms with Gasteiger partial charge in [-0.3, -0.25) is 4.79 Å². The molecule has 0 unspecified atom stereocenters. The van der Waals surface area contributed by atoms with Crippen LogP contribution < -0.4 is 0 Å². The minimum Gasteiger partial charge on any atom is -0.465 e. The summed E-state index contributed by atoms with van der Waals surface area (Å²) in [5.41, 5.74) is 0.320. The van der Waals surface area contributed by atoms with Crippen molar-refractivity contribution in [3.05, 3.63) is 66.2 Å². The maximum atomic E-state index is 13.9. The number of rotatable bonds is 5. The molecule has 1 fully saturated rings. The van der Waals surface area contributed by atoms with E-state index in [-0.39, 0.29) is 23.5 Å². The first-order valence-electron chi connectivity index (χ1n) is 9.27. The molecule has 4 rings (SSSR count). The summed E-state index contributed by atoms with van der Waals surface area (Å²) in [4.78, 5) is 18.6. The zero-order valence-electron chi connectivity index (χ0n) is 15.3. The Hall–Kier alpha value is -3.22. The van der Waals surface area contributed by atoms with Crippen LogP contribution in [0.2, 0.25) is 0 Å². The minimum absolute atomic E-state index is 0.0429. The van der Waals surface area contributed by atoms with E-state index in [2.05, 4.69) is 10.1 Å². The highest BCUT2D eigenvalue weighted by atomic mass is 19.1. The van der Waals surface area contributed by atoms with Crippen molar-refractivity contribution in [3.8, 4) is 11.4 Å². The number of nitrogens with zero attached hydrogens (tertiary/aromatic N) is 3. The van der Waals surface area contributed by atoms with Crippen molar-refractivity contribution < 1.29 is 18.1 Å². The second kappa shape index (κ2) is 8.21. The van der Waals surface area contributed by atoms with Gasteiger partial charge in [0.05, 0.1) is 11.8 Å². The van der Waals surface area contributed by atoms with E-state index >= 15 is 0 Å². The average Bonchev–Trinajstić information content (AvgIpc) is 3.39. The van der Waals surface area contributed by atoms with Gasteiger partial charge in [-0.2, -0.15) is 4.98 Å². The van der Waals surface area contributed by atoms with E-state index in [9.17, 15) is 9.18 Å². The largest absolute Gasteiger partial charge is 0.465 e. The number of hydrogen-bond acceptors (Lipinski definition) is 5. The zero-order chi connectivity index (χ0) is 19.3. The van der Waals surface area contributed by atoms with Gasteiger partial charge in [0.25, 0.3) is 0 Å². The summed E-state index contributed by atoms with van der Waals surface area (Å²) < 4.78 is 24.4. The lowest BCUT2D eigenvalue weighted by Crippen LogP contribution is -2.39. The van der Waals surface area contributed by atoms with Gasteiger partial charge >= 0.3 is 0 Å². The summed E-state index contributed by atoms with van der Waals surface area (Å²) in [6.07, 6.45) is 7.23. The molecule has 1 aromatic carbocycles. The fourth-order valence-corrected chi connectivity index (χ4v) is 3.41. The predicted molar refractivity (Wildman–Crippen MR) is 100 cm³/mol. The van der Waals surface area contributed by atoms with Gasteiger partial charge in [0.15, 0.2) is 0 Å². The Morgan fingerprint density at radius 3 is 3.00 bits per heavy atom. The van der Waals surface area contributed by atoms with Gasteiger partial charge in [-0.1, -0.05) is 17.3 Å². The van der Waals surface area contributed by atoms with Crippen molar-refractivity contribution >= 4 is 12.0 Å². The second-order valence-electron chi connectivity index (χ2n) is 6.84. The van der Waals surface area contributed by atoms with Crippen molar-refractivity contribution in [1.29, 1.82) is 0 Å². The van der Waals surface area contributed by atoms with Crippen LogP contribution in [0.3, 0.4) is 0 Å². The molecular weight excluding hydrogens is 361 g/mol. The highest BCUT2D eigenvalue weighted by Crippen LogP contribution is 2.23. The van der Waals surface area contributed by atoms with E-state index in [0.717, 1.165) is 19.4 Å². The van der Waals surface area contributed by atoms with Gasteiger partial charge < -0.3 is 13.8 Å². The lowest BCUT2D eigenvalue weighted by molar-refractivity contribution is -0.127. The molecule has 1 saturated heterocycles. The van der Waals surface area contributed by atoms with Gasteiger partial charge in [0, 0.05) is 25.6 Å². The SMILES string of the molecule is O=C(/C=C/c1ccco1)N1CCC[C@@H](Cc2nc(-c3ccccc3F)no2)C1. The maximum absolute atomic E-state index is 13.9. The van der Waals surface area contributed by atoms with Gasteiger partial charge in [-0.05, 0) is 49.1 Å². The molecule has 0 N–H and O–H groups in total. The van der Waals surface area contributed by atoms with E-state index in [1.54, 1.807) is 42.7 Å². The first-order chi connectivity index (χ1) is 13.7. The number of hydrogen-bond donors (Lipinski definition) is 0. The zero-order valence-corrected chi connectivity index (χ0v) is 15.3. The Morgan fingerprint density at radius 1 is 1.29 bits per heavy atom. The summed E-state index contributed by atoms with van der Waals surface area (Å²) in [5, 5.41) is 3.90. The third kappa shape index (κ3) is 4.19. The highest BCUT2D eigenvalue weighted by Gasteiger charge is 2.25. The Labute approximate surface area is 161 Å². The Bertz CT molecular complexity index is 965. The van der Waals surface area contributed by atoms with Crippen LogP contribution in [0.15, 0.2) is 57.7 Å². The van der Waals surface area contributed by atoms with Gasteiger partial charge in [0.1, 0.15) is 11.6 Å². The summed E-state index contributed by atoms with van der Waals surface area (Å²) >= 11 is 0. The van der Waals surface area contributed by atoms with Crippen molar-refractivity contribution in [3.63, 3.8) is 0 Å². The van der Waals surface area contributed by atoms with Gasteiger partial charge in [0.2, 0.25) is 17.6 Å². The minimum atomic E-state index is -0.382. The van der Waals surface area contributed by atoms with Crippen molar-refractivity contribution in [2.24, 2.45) is 5.92 Å². The Morgan fingerprint density at radius 2 is 2.18 bits per heavy atom. The van der Waals surface area contributed by atoms with Crippen LogP contribution in [0, 0.1) is 11.7 Å². The molecule has 0 saturated carbocycles. The van der Waals surface area contributed by atoms with Gasteiger partial charge in [-0.15, -0.1) is 0 Å². The number of likely N-dealkylation sites (tertiary alicyclic amines) is 1.